The molecule has 0 unspecified atom stereocenters. The first-order chi connectivity index (χ1) is 26.0. The van der Waals surface area contributed by atoms with Gasteiger partial charge in [-0.15, -0.1) is 0 Å². The van der Waals surface area contributed by atoms with Gasteiger partial charge in [-0.1, -0.05) is 96.4 Å². The van der Waals surface area contributed by atoms with E-state index in [0.717, 1.165) is 71.1 Å². The van der Waals surface area contributed by atoms with Crippen molar-refractivity contribution in [2.24, 2.45) is 0 Å². The predicted octanol–water partition coefficient (Wildman–Crippen LogP) is 14.7. The Labute approximate surface area is 333 Å². The van der Waals surface area contributed by atoms with E-state index in [-0.39, 0.29) is 11.5 Å². The van der Waals surface area contributed by atoms with Gasteiger partial charge in [0.15, 0.2) is 0 Å². The summed E-state index contributed by atoms with van der Waals surface area (Å²) in [7, 11) is 0. The van der Waals surface area contributed by atoms with Gasteiger partial charge in [0.1, 0.15) is 34.6 Å². The maximum absolute atomic E-state index is 15.3. The number of unbranched alkanes of at least 4 members (excludes halogenated alkanes) is 6. The van der Waals surface area contributed by atoms with Crippen LogP contribution < -0.4 is 9.47 Å². The van der Waals surface area contributed by atoms with Gasteiger partial charge in [-0.05, 0) is 120 Å². The van der Waals surface area contributed by atoms with Crippen LogP contribution in [-0.2, 0) is 0 Å². The highest BCUT2D eigenvalue weighted by Crippen LogP contribution is 2.54. The fraction of sp³-hybridized carbons (Fsp3) is 0.304. The van der Waals surface area contributed by atoms with Crippen LogP contribution in [0.15, 0.2) is 81.7 Å². The van der Waals surface area contributed by atoms with Crippen molar-refractivity contribution in [3.05, 3.63) is 105 Å². The number of rotatable bonds is 15. The molecule has 282 valence electrons. The number of halogens is 4. The zero-order valence-electron chi connectivity index (χ0n) is 31.2. The number of hydrogen-bond acceptors (Lipinski definition) is 4. The van der Waals surface area contributed by atoms with Crippen LogP contribution in [0.5, 0.6) is 23.0 Å². The molecule has 0 aromatic heterocycles. The second kappa shape index (κ2) is 17.5. The van der Waals surface area contributed by atoms with Crippen molar-refractivity contribution in [1.29, 1.82) is 0 Å². The highest BCUT2D eigenvalue weighted by molar-refractivity contribution is 9.10. The number of fused-ring (bicyclic) bond motifs is 2. The van der Waals surface area contributed by atoms with Crippen LogP contribution in [0.2, 0.25) is 0 Å². The third kappa shape index (κ3) is 8.40. The highest BCUT2D eigenvalue weighted by Gasteiger charge is 2.27. The molecule has 0 atom stereocenters. The molecule has 2 N–H and O–H groups in total. The molecule has 4 nitrogen and oxygen atoms in total. The van der Waals surface area contributed by atoms with Crippen molar-refractivity contribution in [3.63, 3.8) is 0 Å². The van der Waals surface area contributed by atoms with Gasteiger partial charge in [-0.2, -0.15) is 0 Å². The summed E-state index contributed by atoms with van der Waals surface area (Å²) in [5, 5.41) is 27.9. The van der Waals surface area contributed by atoms with E-state index in [2.05, 4.69) is 45.7 Å². The van der Waals surface area contributed by atoms with Crippen molar-refractivity contribution in [1.82, 2.24) is 0 Å². The molecule has 0 saturated heterocycles. The molecular weight excluding hydrogens is 814 g/mol. The fourth-order valence-electron chi connectivity index (χ4n) is 7.30. The molecule has 6 aromatic carbocycles. The molecule has 0 radical (unpaired) electrons. The van der Waals surface area contributed by atoms with Gasteiger partial charge in [0, 0.05) is 42.3 Å². The van der Waals surface area contributed by atoms with E-state index in [4.69, 9.17) is 9.47 Å². The lowest BCUT2D eigenvalue weighted by molar-refractivity contribution is 0.303. The minimum absolute atomic E-state index is 0.148. The summed E-state index contributed by atoms with van der Waals surface area (Å²) in [6.45, 7) is 8.80. The summed E-state index contributed by atoms with van der Waals surface area (Å²) in [5.41, 5.74) is 3.46. The summed E-state index contributed by atoms with van der Waals surface area (Å²) in [4.78, 5) is 0. The van der Waals surface area contributed by atoms with Crippen LogP contribution in [0, 0.1) is 25.5 Å². The van der Waals surface area contributed by atoms with Crippen LogP contribution >= 0.6 is 31.9 Å². The molecule has 6 rings (SSSR count). The van der Waals surface area contributed by atoms with Crippen LogP contribution in [0.25, 0.3) is 54.9 Å². The number of ether oxygens (including phenoxy) is 2. The standard InChI is InChI=1S/C46H46Br2F2O4/c1-5-7-9-11-17-53-45-27(3)19-33(49)25-39(45)37-23-29-21-31(47)13-15-35(29)41(43(37)51)42-36-16-14-32(48)22-30(36)24-38(44(42)52)40-26-34(50)20-28(4)46(40)54-18-12-10-8-6-2/h13-16,19-26,51-52H,5-12,17-18H2,1-4H3. The summed E-state index contributed by atoms with van der Waals surface area (Å²) in [6, 6.07) is 20.7. The second-order valence-electron chi connectivity index (χ2n) is 14.0. The van der Waals surface area contributed by atoms with E-state index in [9.17, 15) is 10.2 Å². The van der Waals surface area contributed by atoms with Gasteiger partial charge in [0.2, 0.25) is 0 Å². The quantitative estimate of drug-likeness (QED) is 0.101. The zero-order valence-corrected chi connectivity index (χ0v) is 34.4. The Morgan fingerprint density at radius 3 is 1.31 bits per heavy atom. The number of benzene rings is 6. The molecule has 0 heterocycles. The van der Waals surface area contributed by atoms with Crippen molar-refractivity contribution in [3.8, 4) is 56.4 Å². The fourth-order valence-corrected chi connectivity index (χ4v) is 8.06. The lowest BCUT2D eigenvalue weighted by atomic mass is 9.86. The van der Waals surface area contributed by atoms with Gasteiger partial charge < -0.3 is 19.7 Å². The smallest absolute Gasteiger partial charge is 0.132 e. The lowest BCUT2D eigenvalue weighted by Gasteiger charge is -2.22. The summed E-state index contributed by atoms with van der Waals surface area (Å²) < 4.78 is 44.9. The molecule has 0 saturated carbocycles. The molecule has 0 fully saturated rings. The Balaban J connectivity index is 1.64. The highest BCUT2D eigenvalue weighted by atomic mass is 79.9. The SMILES string of the molecule is CCCCCCOc1c(C)cc(F)cc1-c1cc2cc(Br)ccc2c(-c2c(O)c(-c3cc(F)cc(C)c3OCCCCCC)cc3cc(Br)ccc23)c1O. The molecule has 0 aliphatic heterocycles. The van der Waals surface area contributed by atoms with Gasteiger partial charge in [0.25, 0.3) is 0 Å². The Morgan fingerprint density at radius 2 is 0.926 bits per heavy atom. The average Bonchev–Trinajstić information content (AvgIpc) is 3.12. The largest absolute Gasteiger partial charge is 0.507 e. The van der Waals surface area contributed by atoms with Crippen molar-refractivity contribution in [2.45, 2.75) is 79.1 Å². The molecule has 0 aliphatic rings. The molecule has 8 heteroatoms. The summed E-state index contributed by atoms with van der Waals surface area (Å²) in [6.07, 6.45) is 8.10. The molecule has 6 aromatic rings. The number of aryl methyl sites for hydroxylation is 2. The lowest BCUT2D eigenvalue weighted by Crippen LogP contribution is -2.02. The maximum Gasteiger partial charge on any atom is 0.132 e. The predicted molar refractivity (Wildman–Crippen MR) is 225 cm³/mol. The van der Waals surface area contributed by atoms with E-state index < -0.39 is 11.6 Å². The summed E-state index contributed by atoms with van der Waals surface area (Å²) in [5.74, 6) is -0.229. The third-order valence-electron chi connectivity index (χ3n) is 9.95. The molecule has 0 spiro atoms. The minimum Gasteiger partial charge on any atom is -0.507 e. The topological polar surface area (TPSA) is 58.9 Å². The van der Waals surface area contributed by atoms with Gasteiger partial charge in [-0.25, -0.2) is 8.78 Å². The Hall–Kier alpha value is -4.14. The number of aromatic hydroxyl groups is 2. The molecule has 0 bridgehead atoms. The summed E-state index contributed by atoms with van der Waals surface area (Å²) >= 11 is 7.23. The van der Waals surface area contributed by atoms with Crippen LogP contribution in [0.4, 0.5) is 8.78 Å². The third-order valence-corrected chi connectivity index (χ3v) is 10.9. The van der Waals surface area contributed by atoms with Gasteiger partial charge in [-0.3, -0.25) is 0 Å². The van der Waals surface area contributed by atoms with E-state index in [1.165, 1.54) is 24.3 Å². The Bertz CT molecular complexity index is 2160. The number of phenols is 2. The number of hydrogen-bond donors (Lipinski definition) is 2. The first-order valence-electron chi connectivity index (χ1n) is 18.8. The van der Waals surface area contributed by atoms with E-state index in [1.54, 1.807) is 13.8 Å². The van der Waals surface area contributed by atoms with Crippen molar-refractivity contribution >= 4 is 53.4 Å². The first-order valence-corrected chi connectivity index (χ1v) is 20.4. The molecule has 54 heavy (non-hydrogen) atoms. The van der Waals surface area contributed by atoms with Crippen LogP contribution in [0.3, 0.4) is 0 Å². The molecule has 0 amide bonds. The molecular formula is C46H46Br2F2O4. The Kier molecular flexibility index (Phi) is 12.9. The van der Waals surface area contributed by atoms with Gasteiger partial charge >= 0.3 is 0 Å². The first kappa shape index (κ1) is 39.6. The van der Waals surface area contributed by atoms with Crippen molar-refractivity contribution < 1.29 is 28.5 Å². The zero-order chi connectivity index (χ0) is 38.5. The van der Waals surface area contributed by atoms with E-state index in [0.29, 0.717) is 80.0 Å². The second-order valence-corrected chi connectivity index (χ2v) is 15.9. The number of phenolic OH excluding ortho intramolecular Hbond substituents is 2. The van der Waals surface area contributed by atoms with E-state index >= 15 is 8.78 Å². The van der Waals surface area contributed by atoms with Crippen molar-refractivity contribution in [2.75, 3.05) is 13.2 Å². The van der Waals surface area contributed by atoms with Gasteiger partial charge in [0.05, 0.1) is 13.2 Å². The minimum atomic E-state index is -0.458. The molecule has 0 aliphatic carbocycles. The van der Waals surface area contributed by atoms with Crippen LogP contribution in [0.1, 0.15) is 76.3 Å². The van der Waals surface area contributed by atoms with E-state index in [1.807, 2.05) is 48.5 Å². The average molecular weight is 861 g/mol. The normalized spacial score (nSPS) is 11.5. The Morgan fingerprint density at radius 1 is 0.519 bits per heavy atom. The van der Waals surface area contributed by atoms with Crippen LogP contribution in [-0.4, -0.2) is 23.4 Å². The maximum atomic E-state index is 15.3. The monoisotopic (exact) mass is 858 g/mol.